The van der Waals surface area contributed by atoms with Crippen molar-refractivity contribution in [2.75, 3.05) is 5.32 Å². The number of thiazole rings is 1. The number of halogens is 1. The van der Waals surface area contributed by atoms with Crippen LogP contribution in [-0.2, 0) is 0 Å². The number of hydrogen-bond acceptors (Lipinski definition) is 5. The molecule has 0 unspecified atom stereocenters. The van der Waals surface area contributed by atoms with Gasteiger partial charge in [0.2, 0.25) is 0 Å². The number of hydrogen-bond donors (Lipinski definition) is 1. The standard InChI is InChI=1S/C17H12ClN3O3S/c1-10-15(11-5-3-2-4-6-11)19-17(25-10)20-16(22)12-7-8-13(18)14(9-12)21(23)24/h2-9H,1H3,(H,19,20,22). The van der Waals surface area contributed by atoms with Crippen LogP contribution >= 0.6 is 22.9 Å². The highest BCUT2D eigenvalue weighted by molar-refractivity contribution is 7.16. The molecule has 0 aliphatic carbocycles. The molecular formula is C17H12ClN3O3S. The zero-order valence-corrected chi connectivity index (χ0v) is 14.6. The van der Waals surface area contributed by atoms with Gasteiger partial charge in [-0.3, -0.25) is 20.2 Å². The summed E-state index contributed by atoms with van der Waals surface area (Å²) in [7, 11) is 0. The monoisotopic (exact) mass is 373 g/mol. The molecule has 0 fully saturated rings. The number of carbonyl (C=O) groups is 1. The predicted molar refractivity (Wildman–Crippen MR) is 98.3 cm³/mol. The molecule has 0 saturated carbocycles. The lowest BCUT2D eigenvalue weighted by atomic mass is 10.1. The first kappa shape index (κ1) is 17.1. The van der Waals surface area contributed by atoms with Gasteiger partial charge in [-0.25, -0.2) is 4.98 Å². The number of nitrogens with one attached hydrogen (secondary N) is 1. The maximum absolute atomic E-state index is 12.3. The summed E-state index contributed by atoms with van der Waals surface area (Å²) in [5, 5.41) is 14.0. The van der Waals surface area contributed by atoms with Gasteiger partial charge in [0, 0.05) is 22.1 Å². The van der Waals surface area contributed by atoms with Crippen LogP contribution < -0.4 is 5.32 Å². The smallest absolute Gasteiger partial charge is 0.288 e. The molecule has 2 aromatic carbocycles. The zero-order valence-electron chi connectivity index (χ0n) is 13.0. The first-order valence-electron chi connectivity index (χ1n) is 7.24. The molecule has 0 spiro atoms. The van der Waals surface area contributed by atoms with E-state index >= 15 is 0 Å². The average Bonchev–Trinajstić information content (AvgIpc) is 2.96. The van der Waals surface area contributed by atoms with E-state index in [1.54, 1.807) is 0 Å². The van der Waals surface area contributed by atoms with Crippen molar-refractivity contribution in [1.29, 1.82) is 0 Å². The fourth-order valence-corrected chi connectivity index (χ4v) is 3.29. The van der Waals surface area contributed by atoms with Crippen molar-refractivity contribution in [2.24, 2.45) is 0 Å². The number of benzene rings is 2. The van der Waals surface area contributed by atoms with Crippen LogP contribution in [0.2, 0.25) is 5.02 Å². The SMILES string of the molecule is Cc1sc(NC(=O)c2ccc(Cl)c([N+](=O)[O-])c2)nc1-c1ccccc1. The molecule has 1 amide bonds. The van der Waals surface area contributed by atoms with Crippen molar-refractivity contribution in [3.05, 3.63) is 74.1 Å². The Bertz CT molecular complexity index is 957. The van der Waals surface area contributed by atoms with E-state index in [1.807, 2.05) is 37.3 Å². The van der Waals surface area contributed by atoms with E-state index in [9.17, 15) is 14.9 Å². The van der Waals surface area contributed by atoms with Crippen molar-refractivity contribution in [2.45, 2.75) is 6.92 Å². The number of nitro groups is 1. The highest BCUT2D eigenvalue weighted by Crippen LogP contribution is 2.31. The Hall–Kier alpha value is -2.77. The second-order valence-electron chi connectivity index (χ2n) is 5.17. The highest BCUT2D eigenvalue weighted by Gasteiger charge is 2.18. The van der Waals surface area contributed by atoms with Crippen LogP contribution in [0.5, 0.6) is 0 Å². The maximum Gasteiger partial charge on any atom is 0.288 e. The molecule has 126 valence electrons. The number of rotatable bonds is 4. The summed E-state index contributed by atoms with van der Waals surface area (Å²) in [6.07, 6.45) is 0. The normalized spacial score (nSPS) is 10.5. The third-order valence-electron chi connectivity index (χ3n) is 3.47. The number of aryl methyl sites for hydroxylation is 1. The number of carbonyl (C=O) groups excluding carboxylic acids is 1. The fourth-order valence-electron chi connectivity index (χ4n) is 2.28. The molecule has 8 heteroatoms. The van der Waals surface area contributed by atoms with Gasteiger partial charge in [0.25, 0.3) is 11.6 Å². The number of nitro benzene ring substituents is 1. The van der Waals surface area contributed by atoms with Crippen LogP contribution in [0.15, 0.2) is 48.5 Å². The van der Waals surface area contributed by atoms with Crippen molar-refractivity contribution >= 4 is 39.7 Å². The Kier molecular flexibility index (Phi) is 4.78. The number of aromatic nitrogens is 1. The van der Waals surface area contributed by atoms with Gasteiger partial charge in [-0.1, -0.05) is 41.9 Å². The fraction of sp³-hybridized carbons (Fsp3) is 0.0588. The minimum atomic E-state index is -0.625. The van der Waals surface area contributed by atoms with Gasteiger partial charge in [-0.2, -0.15) is 0 Å². The van der Waals surface area contributed by atoms with Gasteiger partial charge >= 0.3 is 0 Å². The molecule has 3 aromatic rings. The molecule has 0 bridgehead atoms. The average molecular weight is 374 g/mol. The molecule has 1 aromatic heterocycles. The van der Waals surface area contributed by atoms with E-state index in [2.05, 4.69) is 10.3 Å². The van der Waals surface area contributed by atoms with Gasteiger partial charge < -0.3 is 0 Å². The molecule has 0 radical (unpaired) electrons. The van der Waals surface area contributed by atoms with E-state index in [-0.39, 0.29) is 16.3 Å². The minimum Gasteiger partial charge on any atom is -0.298 e. The van der Waals surface area contributed by atoms with Crippen LogP contribution in [0.1, 0.15) is 15.2 Å². The van der Waals surface area contributed by atoms with E-state index in [0.29, 0.717) is 5.13 Å². The predicted octanol–water partition coefficient (Wildman–Crippen LogP) is 4.93. The van der Waals surface area contributed by atoms with Gasteiger partial charge in [0.05, 0.1) is 10.6 Å². The van der Waals surface area contributed by atoms with E-state index in [4.69, 9.17) is 11.6 Å². The first-order valence-corrected chi connectivity index (χ1v) is 8.43. The van der Waals surface area contributed by atoms with Crippen molar-refractivity contribution in [3.63, 3.8) is 0 Å². The minimum absolute atomic E-state index is 0.0157. The molecular weight excluding hydrogens is 362 g/mol. The third kappa shape index (κ3) is 3.67. The van der Waals surface area contributed by atoms with E-state index in [1.165, 1.54) is 23.5 Å². The largest absolute Gasteiger partial charge is 0.298 e. The topological polar surface area (TPSA) is 85.1 Å². The van der Waals surface area contributed by atoms with Crippen molar-refractivity contribution < 1.29 is 9.72 Å². The molecule has 1 N–H and O–H groups in total. The number of amides is 1. The molecule has 25 heavy (non-hydrogen) atoms. The molecule has 0 aliphatic heterocycles. The summed E-state index contributed by atoms with van der Waals surface area (Å²) in [6, 6.07) is 13.5. The maximum atomic E-state index is 12.3. The number of nitrogens with zero attached hydrogens (tertiary/aromatic N) is 2. The van der Waals surface area contributed by atoms with Crippen molar-refractivity contribution in [3.8, 4) is 11.3 Å². The lowest BCUT2D eigenvalue weighted by Gasteiger charge is -2.02. The summed E-state index contributed by atoms with van der Waals surface area (Å²) in [6.45, 7) is 1.92. The van der Waals surface area contributed by atoms with E-state index in [0.717, 1.165) is 22.2 Å². The lowest BCUT2D eigenvalue weighted by molar-refractivity contribution is -0.384. The first-order chi connectivity index (χ1) is 12.0. The van der Waals surface area contributed by atoms with E-state index < -0.39 is 10.8 Å². The van der Waals surface area contributed by atoms with Gasteiger partial charge in [-0.05, 0) is 19.1 Å². The van der Waals surface area contributed by atoms with Crippen LogP contribution in [0.3, 0.4) is 0 Å². The van der Waals surface area contributed by atoms with Crippen molar-refractivity contribution in [1.82, 2.24) is 4.98 Å². The second-order valence-corrected chi connectivity index (χ2v) is 6.78. The molecule has 0 aliphatic rings. The molecule has 0 atom stereocenters. The van der Waals surface area contributed by atoms with Crippen LogP contribution in [-0.4, -0.2) is 15.8 Å². The van der Waals surface area contributed by atoms with Crippen LogP contribution in [0, 0.1) is 17.0 Å². The summed E-state index contributed by atoms with van der Waals surface area (Å²) in [5.74, 6) is -0.479. The van der Waals surface area contributed by atoms with Gasteiger partial charge in [0.15, 0.2) is 5.13 Å². The Morgan fingerprint density at radius 2 is 1.96 bits per heavy atom. The summed E-state index contributed by atoms with van der Waals surface area (Å²) in [5.41, 5.74) is 1.58. The van der Waals surface area contributed by atoms with Crippen LogP contribution in [0.25, 0.3) is 11.3 Å². The second kappa shape index (κ2) is 7.00. The molecule has 3 rings (SSSR count). The van der Waals surface area contributed by atoms with Crippen LogP contribution in [0.4, 0.5) is 10.8 Å². The molecule has 6 nitrogen and oxygen atoms in total. The number of anilines is 1. The summed E-state index contributed by atoms with van der Waals surface area (Å²) < 4.78 is 0. The van der Waals surface area contributed by atoms with Gasteiger partial charge in [0.1, 0.15) is 5.02 Å². The quantitative estimate of drug-likeness (QED) is 0.518. The Morgan fingerprint density at radius 1 is 1.24 bits per heavy atom. The summed E-state index contributed by atoms with van der Waals surface area (Å²) >= 11 is 7.11. The molecule has 1 heterocycles. The Balaban J connectivity index is 1.85. The molecule has 0 saturated heterocycles. The summed E-state index contributed by atoms with van der Waals surface area (Å²) in [4.78, 5) is 28.1. The van der Waals surface area contributed by atoms with Gasteiger partial charge in [-0.15, -0.1) is 11.3 Å². The third-order valence-corrected chi connectivity index (χ3v) is 4.68. The Morgan fingerprint density at radius 3 is 2.64 bits per heavy atom. The zero-order chi connectivity index (χ0) is 18.0. The highest BCUT2D eigenvalue weighted by atomic mass is 35.5. The Labute approximate surface area is 152 Å². The lowest BCUT2D eigenvalue weighted by Crippen LogP contribution is -2.12.